The zero-order chi connectivity index (χ0) is 12.6. The van der Waals surface area contributed by atoms with Crippen LogP contribution in [0.5, 0.6) is 0 Å². The summed E-state index contributed by atoms with van der Waals surface area (Å²) in [5.74, 6) is -1.03. The Bertz CT molecular complexity index is 465. The lowest BCUT2D eigenvalue weighted by Gasteiger charge is -2.13. The molecule has 0 aliphatic carbocycles. The van der Waals surface area contributed by atoms with Crippen molar-refractivity contribution >= 4 is 0 Å². The Labute approximate surface area is 94.5 Å². The Balaban J connectivity index is 2.32. The van der Waals surface area contributed by atoms with Crippen LogP contribution in [0.2, 0.25) is 0 Å². The number of aliphatic hydroxyl groups is 3. The molecule has 1 aromatic heterocycles. The number of rotatable bonds is 2. The molecule has 2 rings (SSSR count). The van der Waals surface area contributed by atoms with E-state index in [0.29, 0.717) is 0 Å². The van der Waals surface area contributed by atoms with Gasteiger partial charge < -0.3 is 20.1 Å². The molecule has 0 aromatic carbocycles. The third-order valence-corrected chi connectivity index (χ3v) is 2.59. The molecule has 1 aromatic rings. The SMILES string of the molecule is O=c1cnc([C@@H]2O[C@H](CO)C(O)C2O)c(F)[nH]1. The maximum absolute atomic E-state index is 13.4. The molecule has 1 aliphatic rings. The van der Waals surface area contributed by atoms with Crippen molar-refractivity contribution in [2.75, 3.05) is 6.61 Å². The van der Waals surface area contributed by atoms with E-state index in [9.17, 15) is 19.4 Å². The van der Waals surface area contributed by atoms with Gasteiger partial charge in [0.25, 0.3) is 5.56 Å². The summed E-state index contributed by atoms with van der Waals surface area (Å²) in [6, 6.07) is 0. The van der Waals surface area contributed by atoms with Crippen LogP contribution < -0.4 is 5.56 Å². The third-order valence-electron chi connectivity index (χ3n) is 2.59. The van der Waals surface area contributed by atoms with Gasteiger partial charge in [-0.3, -0.25) is 9.78 Å². The molecule has 4 atom stereocenters. The number of ether oxygens (including phenoxy) is 1. The zero-order valence-corrected chi connectivity index (χ0v) is 8.58. The molecule has 94 valence electrons. The lowest BCUT2D eigenvalue weighted by atomic mass is 10.1. The summed E-state index contributed by atoms with van der Waals surface area (Å²) in [6.07, 6.45) is -4.15. The van der Waals surface area contributed by atoms with E-state index in [2.05, 4.69) is 4.98 Å². The highest BCUT2D eigenvalue weighted by molar-refractivity contribution is 5.09. The van der Waals surface area contributed by atoms with Crippen LogP contribution in [0.4, 0.5) is 4.39 Å². The number of hydrogen-bond donors (Lipinski definition) is 4. The first-order valence-corrected chi connectivity index (χ1v) is 4.91. The first kappa shape index (κ1) is 12.1. The van der Waals surface area contributed by atoms with Gasteiger partial charge >= 0.3 is 0 Å². The van der Waals surface area contributed by atoms with Crippen LogP contribution in [-0.4, -0.2) is 50.2 Å². The van der Waals surface area contributed by atoms with Crippen molar-refractivity contribution in [3.05, 3.63) is 28.2 Å². The molecule has 7 nitrogen and oxygen atoms in total. The summed E-state index contributed by atoms with van der Waals surface area (Å²) in [5.41, 5.74) is -1.04. The minimum absolute atomic E-state index is 0.313. The number of nitrogens with zero attached hydrogens (tertiary/aromatic N) is 1. The molecule has 1 saturated heterocycles. The van der Waals surface area contributed by atoms with Crippen molar-refractivity contribution in [3.63, 3.8) is 0 Å². The van der Waals surface area contributed by atoms with E-state index in [1.54, 1.807) is 0 Å². The molecule has 2 heterocycles. The van der Waals surface area contributed by atoms with Crippen LogP contribution in [-0.2, 0) is 4.74 Å². The highest BCUT2D eigenvalue weighted by atomic mass is 19.1. The Morgan fingerprint density at radius 1 is 1.47 bits per heavy atom. The molecule has 0 amide bonds. The van der Waals surface area contributed by atoms with Crippen LogP contribution in [0.15, 0.2) is 11.0 Å². The van der Waals surface area contributed by atoms with Crippen LogP contribution in [0.25, 0.3) is 0 Å². The van der Waals surface area contributed by atoms with Crippen molar-refractivity contribution in [2.45, 2.75) is 24.4 Å². The molecule has 1 fully saturated rings. The molecule has 17 heavy (non-hydrogen) atoms. The smallest absolute Gasteiger partial charge is 0.268 e. The molecule has 0 saturated carbocycles. The summed E-state index contributed by atoms with van der Waals surface area (Å²) in [5, 5.41) is 28.0. The van der Waals surface area contributed by atoms with Gasteiger partial charge in [0, 0.05) is 0 Å². The molecular formula is C9H11FN2O5. The van der Waals surface area contributed by atoms with Crippen molar-refractivity contribution in [3.8, 4) is 0 Å². The zero-order valence-electron chi connectivity index (χ0n) is 8.58. The summed E-state index contributed by atoms with van der Waals surface area (Å²) in [7, 11) is 0. The number of aliphatic hydroxyl groups excluding tert-OH is 3. The van der Waals surface area contributed by atoms with Crippen molar-refractivity contribution in [2.24, 2.45) is 0 Å². The highest BCUT2D eigenvalue weighted by Gasteiger charge is 2.44. The normalized spacial score (nSPS) is 32.9. The fourth-order valence-electron chi connectivity index (χ4n) is 1.71. The Kier molecular flexibility index (Phi) is 3.20. The van der Waals surface area contributed by atoms with Gasteiger partial charge in [-0.05, 0) is 0 Å². The third kappa shape index (κ3) is 2.07. The van der Waals surface area contributed by atoms with Gasteiger partial charge in [0.1, 0.15) is 30.1 Å². The van der Waals surface area contributed by atoms with Crippen molar-refractivity contribution in [1.29, 1.82) is 0 Å². The van der Waals surface area contributed by atoms with Crippen LogP contribution in [0.3, 0.4) is 0 Å². The summed E-state index contributed by atoms with van der Waals surface area (Å²) in [6.45, 7) is -0.514. The Hall–Kier alpha value is -1.35. The van der Waals surface area contributed by atoms with E-state index in [0.717, 1.165) is 6.20 Å². The Morgan fingerprint density at radius 3 is 2.71 bits per heavy atom. The largest absolute Gasteiger partial charge is 0.394 e. The molecule has 0 bridgehead atoms. The quantitative estimate of drug-likeness (QED) is 0.482. The second-order valence-electron chi connectivity index (χ2n) is 3.71. The second-order valence-corrected chi connectivity index (χ2v) is 3.71. The van der Waals surface area contributed by atoms with Gasteiger partial charge in [0.2, 0.25) is 5.95 Å². The van der Waals surface area contributed by atoms with E-state index < -0.39 is 42.5 Å². The number of halogens is 1. The number of nitrogens with one attached hydrogen (secondary N) is 1. The van der Waals surface area contributed by atoms with E-state index >= 15 is 0 Å². The highest BCUT2D eigenvalue weighted by Crippen LogP contribution is 2.32. The molecule has 0 spiro atoms. The van der Waals surface area contributed by atoms with Gasteiger partial charge in [0.05, 0.1) is 12.8 Å². The van der Waals surface area contributed by atoms with Crippen molar-refractivity contribution < 1.29 is 24.4 Å². The summed E-state index contributed by atoms with van der Waals surface area (Å²) >= 11 is 0. The van der Waals surface area contributed by atoms with Crippen LogP contribution >= 0.6 is 0 Å². The van der Waals surface area contributed by atoms with Crippen LogP contribution in [0, 0.1) is 5.95 Å². The number of aromatic nitrogens is 2. The number of H-pyrrole nitrogens is 1. The van der Waals surface area contributed by atoms with Gasteiger partial charge in [0.15, 0.2) is 0 Å². The standard InChI is InChI=1S/C9H11FN2O5/c10-9-5(11-1-4(14)12-9)8-7(16)6(15)3(2-13)17-8/h1,3,6-8,13,15-16H,2H2,(H,12,14)/t3-,6?,7?,8+/m1/s1. The van der Waals surface area contributed by atoms with Gasteiger partial charge in [-0.1, -0.05) is 0 Å². The Morgan fingerprint density at radius 2 is 2.18 bits per heavy atom. The maximum atomic E-state index is 13.4. The van der Waals surface area contributed by atoms with E-state index in [4.69, 9.17) is 9.84 Å². The topological polar surface area (TPSA) is 116 Å². The lowest BCUT2D eigenvalue weighted by Crippen LogP contribution is -2.32. The van der Waals surface area contributed by atoms with Gasteiger partial charge in [-0.15, -0.1) is 0 Å². The first-order valence-electron chi connectivity index (χ1n) is 4.91. The molecule has 8 heteroatoms. The van der Waals surface area contributed by atoms with Gasteiger partial charge in [-0.2, -0.15) is 4.39 Å². The summed E-state index contributed by atoms with van der Waals surface area (Å²) in [4.78, 5) is 16.2. The minimum atomic E-state index is -1.42. The molecule has 4 N–H and O–H groups in total. The lowest BCUT2D eigenvalue weighted by molar-refractivity contribution is -0.0252. The first-order chi connectivity index (χ1) is 8.04. The van der Waals surface area contributed by atoms with Crippen LogP contribution in [0.1, 0.15) is 11.8 Å². The predicted octanol–water partition coefficient (Wildman–Crippen LogP) is -1.94. The molecule has 1 aliphatic heterocycles. The number of aromatic amines is 1. The summed E-state index contributed by atoms with van der Waals surface area (Å²) < 4.78 is 18.4. The van der Waals surface area contributed by atoms with Crippen molar-refractivity contribution in [1.82, 2.24) is 9.97 Å². The molecular weight excluding hydrogens is 235 g/mol. The molecule has 2 unspecified atom stereocenters. The average molecular weight is 246 g/mol. The predicted molar refractivity (Wildman–Crippen MR) is 51.5 cm³/mol. The van der Waals surface area contributed by atoms with Gasteiger partial charge in [-0.25, -0.2) is 4.98 Å². The van der Waals surface area contributed by atoms with E-state index in [-0.39, 0.29) is 5.69 Å². The average Bonchev–Trinajstić information content (AvgIpc) is 2.57. The van der Waals surface area contributed by atoms with E-state index in [1.165, 1.54) is 0 Å². The molecule has 0 radical (unpaired) electrons. The van der Waals surface area contributed by atoms with E-state index in [1.807, 2.05) is 4.98 Å². The fourth-order valence-corrected chi connectivity index (χ4v) is 1.71. The maximum Gasteiger partial charge on any atom is 0.268 e. The fraction of sp³-hybridized carbons (Fsp3) is 0.556. The minimum Gasteiger partial charge on any atom is -0.394 e. The number of hydrogen-bond acceptors (Lipinski definition) is 6. The monoisotopic (exact) mass is 246 g/mol. The second kappa shape index (κ2) is 4.49.